The van der Waals surface area contributed by atoms with Gasteiger partial charge in [0.25, 0.3) is 0 Å². The Morgan fingerprint density at radius 2 is 0.412 bits per heavy atom. The standard InChI is InChI=1S/C80H52/c1-49-45-55(77-69-33-17-13-29-65(69)75(51-21-5-3-6-22-51)66-30-14-18-34-70(66)77)39-41-57(49)53-37-43-61-59-25-9-12-28-64(59)80-74-48-54(38-44-62(74)60-26-10-11-27-63(60)79(80)73(61)47-53)58-42-40-56(46-50(58)2)78-71-35-19-15-31-67(71)76(52-23-7-4-8-24-52)68-32-16-20-36-72(68)78/h3-48H,1-2H3. The van der Waals surface area contributed by atoms with Gasteiger partial charge in [0.05, 0.1) is 0 Å². The van der Waals surface area contributed by atoms with Crippen LogP contribution in [0.2, 0.25) is 0 Å². The Hall–Kier alpha value is -10.1. The van der Waals surface area contributed by atoms with Crippen LogP contribution in [0.5, 0.6) is 0 Å². The van der Waals surface area contributed by atoms with Crippen molar-refractivity contribution in [2.24, 2.45) is 0 Å². The number of hydrogen-bond acceptors (Lipinski definition) is 0. The van der Waals surface area contributed by atoms with Gasteiger partial charge in [0.2, 0.25) is 0 Å². The normalized spacial score (nSPS) is 11.9. The van der Waals surface area contributed by atoms with Crippen LogP contribution in [0.3, 0.4) is 0 Å². The monoisotopic (exact) mass is 1010 g/mol. The van der Waals surface area contributed by atoms with Gasteiger partial charge in [0, 0.05) is 0 Å². The Kier molecular flexibility index (Phi) is 10.5. The van der Waals surface area contributed by atoms with Gasteiger partial charge < -0.3 is 0 Å². The molecule has 80 heavy (non-hydrogen) atoms. The highest BCUT2D eigenvalue weighted by Crippen LogP contribution is 2.49. The first-order valence-corrected chi connectivity index (χ1v) is 28.0. The summed E-state index contributed by atoms with van der Waals surface area (Å²) in [4.78, 5) is 0. The van der Waals surface area contributed by atoms with Crippen molar-refractivity contribution in [1.29, 1.82) is 0 Å². The molecule has 0 saturated carbocycles. The molecule has 0 aliphatic carbocycles. The van der Waals surface area contributed by atoms with E-state index in [0.717, 1.165) is 0 Å². The maximum Gasteiger partial charge on any atom is -0.00137 e. The summed E-state index contributed by atoms with van der Waals surface area (Å²) in [6.07, 6.45) is 0. The van der Waals surface area contributed by atoms with Gasteiger partial charge >= 0.3 is 0 Å². The van der Waals surface area contributed by atoms with Crippen LogP contribution in [-0.4, -0.2) is 0 Å². The van der Waals surface area contributed by atoms with Crippen LogP contribution in [-0.2, 0) is 0 Å². The summed E-state index contributed by atoms with van der Waals surface area (Å²) < 4.78 is 0. The van der Waals surface area contributed by atoms with E-state index in [-0.39, 0.29) is 0 Å². The molecule has 0 nitrogen and oxygen atoms in total. The number of aryl methyl sites for hydroxylation is 2. The van der Waals surface area contributed by atoms with E-state index in [2.05, 4.69) is 293 Å². The lowest BCUT2D eigenvalue weighted by Gasteiger charge is -2.20. The molecule has 16 rings (SSSR count). The molecule has 0 saturated heterocycles. The van der Waals surface area contributed by atoms with Gasteiger partial charge in [0.15, 0.2) is 0 Å². The minimum Gasteiger partial charge on any atom is -0.0622 e. The Morgan fingerprint density at radius 3 is 0.725 bits per heavy atom. The van der Waals surface area contributed by atoms with Crippen LogP contribution in [0.4, 0.5) is 0 Å². The molecule has 0 spiro atoms. The van der Waals surface area contributed by atoms with E-state index < -0.39 is 0 Å². The molecule has 0 unspecified atom stereocenters. The molecule has 0 fully saturated rings. The summed E-state index contributed by atoms with van der Waals surface area (Å²) in [5, 5.41) is 22.9. The van der Waals surface area contributed by atoms with E-state index in [1.165, 1.54) is 175 Å². The zero-order valence-corrected chi connectivity index (χ0v) is 44.6. The number of rotatable bonds is 6. The predicted octanol–water partition coefficient (Wildman–Crippen LogP) is 22.7. The average molecular weight is 1010 g/mol. The lowest BCUT2D eigenvalue weighted by Crippen LogP contribution is -1.93. The van der Waals surface area contributed by atoms with E-state index in [4.69, 9.17) is 0 Å². The number of benzene rings is 16. The maximum atomic E-state index is 2.48. The fourth-order valence-electron chi connectivity index (χ4n) is 14.0. The van der Waals surface area contributed by atoms with Crippen LogP contribution in [0.25, 0.3) is 164 Å². The molecule has 0 bridgehead atoms. The Balaban J connectivity index is 0.868. The van der Waals surface area contributed by atoms with E-state index in [1.54, 1.807) is 0 Å². The third-order valence-corrected chi connectivity index (χ3v) is 17.4. The highest BCUT2D eigenvalue weighted by molar-refractivity contribution is 6.40. The molecule has 0 aliphatic heterocycles. The van der Waals surface area contributed by atoms with E-state index in [9.17, 15) is 0 Å². The highest BCUT2D eigenvalue weighted by Gasteiger charge is 2.22. The van der Waals surface area contributed by atoms with Crippen molar-refractivity contribution in [2.45, 2.75) is 13.8 Å². The van der Waals surface area contributed by atoms with Crippen molar-refractivity contribution in [1.82, 2.24) is 0 Å². The molecule has 0 aromatic heterocycles. The molecule has 16 aromatic carbocycles. The Morgan fingerprint density at radius 1 is 0.163 bits per heavy atom. The SMILES string of the molecule is Cc1cc(-c2c3ccccc3c(-c3ccccc3)c3ccccc23)ccc1-c1ccc2c3ccccc3c3c4cc(-c5ccc(-c6c7ccccc7c(-c7ccccc7)c7ccccc67)cc5C)ccc4c4ccccc4c3c2c1. The highest BCUT2D eigenvalue weighted by atomic mass is 14.2. The van der Waals surface area contributed by atoms with Crippen LogP contribution in [0.15, 0.2) is 279 Å². The smallest absolute Gasteiger partial charge is 0.00137 e. The van der Waals surface area contributed by atoms with E-state index >= 15 is 0 Å². The molecule has 0 radical (unpaired) electrons. The van der Waals surface area contributed by atoms with Crippen molar-refractivity contribution < 1.29 is 0 Å². The van der Waals surface area contributed by atoms with Gasteiger partial charge in [0.1, 0.15) is 0 Å². The molecular formula is C80H52. The molecule has 372 valence electrons. The van der Waals surface area contributed by atoms with Crippen molar-refractivity contribution in [3.05, 3.63) is 290 Å². The quantitative estimate of drug-likeness (QED) is 0.115. The maximum absolute atomic E-state index is 2.48. The zero-order chi connectivity index (χ0) is 53.0. The number of fused-ring (bicyclic) bond motifs is 15. The summed E-state index contributed by atoms with van der Waals surface area (Å²) in [5.74, 6) is 0. The zero-order valence-electron chi connectivity index (χ0n) is 44.6. The largest absolute Gasteiger partial charge is 0.0622 e. The molecule has 16 aromatic rings. The van der Waals surface area contributed by atoms with Gasteiger partial charge in [-0.2, -0.15) is 0 Å². The first kappa shape index (κ1) is 46.0. The molecule has 0 atom stereocenters. The minimum absolute atomic E-state index is 1.22. The van der Waals surface area contributed by atoms with E-state index in [0.29, 0.717) is 0 Å². The average Bonchev–Trinajstić information content (AvgIpc) is 3.70. The first-order valence-electron chi connectivity index (χ1n) is 28.0. The number of hydrogen-bond donors (Lipinski definition) is 0. The predicted molar refractivity (Wildman–Crippen MR) is 346 cm³/mol. The second-order valence-electron chi connectivity index (χ2n) is 21.8. The lowest BCUT2D eigenvalue weighted by atomic mass is 9.84. The summed E-state index contributed by atoms with van der Waals surface area (Å²) >= 11 is 0. The fraction of sp³-hybridized carbons (Fsp3) is 0.0250. The molecular weight excluding hydrogens is 961 g/mol. The first-order chi connectivity index (χ1) is 39.6. The van der Waals surface area contributed by atoms with Gasteiger partial charge in [-0.3, -0.25) is 0 Å². The lowest BCUT2D eigenvalue weighted by molar-refractivity contribution is 1.46. The fourth-order valence-corrected chi connectivity index (χ4v) is 14.0. The van der Waals surface area contributed by atoms with Crippen LogP contribution in [0, 0.1) is 13.8 Å². The van der Waals surface area contributed by atoms with Crippen LogP contribution in [0.1, 0.15) is 11.1 Å². The third-order valence-electron chi connectivity index (χ3n) is 17.4. The molecule has 0 heteroatoms. The van der Waals surface area contributed by atoms with Crippen molar-refractivity contribution in [3.63, 3.8) is 0 Å². The van der Waals surface area contributed by atoms with Crippen molar-refractivity contribution >= 4 is 97.0 Å². The molecule has 0 N–H and O–H groups in total. The van der Waals surface area contributed by atoms with Crippen molar-refractivity contribution in [2.75, 3.05) is 0 Å². The van der Waals surface area contributed by atoms with Gasteiger partial charge in [-0.05, 0) is 201 Å². The van der Waals surface area contributed by atoms with Crippen molar-refractivity contribution in [3.8, 4) is 66.8 Å². The topological polar surface area (TPSA) is 0 Å². The van der Waals surface area contributed by atoms with Gasteiger partial charge in [-0.1, -0.05) is 267 Å². The van der Waals surface area contributed by atoms with Crippen LogP contribution >= 0.6 is 0 Å². The minimum atomic E-state index is 1.22. The second kappa shape index (κ2) is 18.2. The summed E-state index contributed by atoms with van der Waals surface area (Å²) in [5.41, 5.74) is 17.5. The van der Waals surface area contributed by atoms with Gasteiger partial charge in [-0.15, -0.1) is 0 Å². The van der Waals surface area contributed by atoms with Gasteiger partial charge in [-0.25, -0.2) is 0 Å². The second-order valence-corrected chi connectivity index (χ2v) is 21.8. The molecule has 0 heterocycles. The van der Waals surface area contributed by atoms with Crippen LogP contribution < -0.4 is 0 Å². The molecule has 0 amide bonds. The summed E-state index contributed by atoms with van der Waals surface area (Å²) in [6.45, 7) is 4.57. The summed E-state index contributed by atoms with van der Waals surface area (Å²) in [6, 6.07) is 104. The third kappa shape index (κ3) is 7.02. The Labute approximate surface area is 465 Å². The Bertz CT molecular complexity index is 4790. The van der Waals surface area contributed by atoms with E-state index in [1.807, 2.05) is 0 Å². The summed E-state index contributed by atoms with van der Waals surface area (Å²) in [7, 11) is 0. The molecule has 0 aliphatic rings.